The van der Waals surface area contributed by atoms with Crippen molar-refractivity contribution >= 4 is 48.9 Å². The van der Waals surface area contributed by atoms with Gasteiger partial charge < -0.3 is 5.11 Å². The number of nitrogens with zero attached hydrogens (tertiary/aromatic N) is 1. The highest BCUT2D eigenvalue weighted by atomic mass is 79.9. The maximum atomic E-state index is 12.2. The summed E-state index contributed by atoms with van der Waals surface area (Å²) in [5, 5.41) is 9.28. The molecule has 1 aromatic rings. The van der Waals surface area contributed by atoms with Crippen LogP contribution in [-0.4, -0.2) is 37.5 Å². The molecule has 1 rings (SSSR count). The van der Waals surface area contributed by atoms with E-state index in [0.29, 0.717) is 21.8 Å². The Bertz CT molecular complexity index is 449. The molecule has 0 amide bonds. The van der Waals surface area contributed by atoms with E-state index in [4.69, 9.17) is 16.7 Å². The number of aliphatic hydroxyl groups excluding tert-OH is 1. The Morgan fingerprint density at radius 2 is 2.18 bits per heavy atom. The molecule has 0 aliphatic carbocycles. The highest BCUT2D eigenvalue weighted by molar-refractivity contribution is 9.11. The van der Waals surface area contributed by atoms with Gasteiger partial charge in [-0.3, -0.25) is 0 Å². The van der Waals surface area contributed by atoms with E-state index < -0.39 is 10.0 Å². The molecule has 0 radical (unpaired) electrons. The first kappa shape index (κ1) is 15.4. The standard InChI is InChI=1S/C9H13BrClNO3S2/c1-2-3-12(4-5-13)17(14,15)8-6-7(11)9(10)16-8/h6,13H,2-5H2,1H3. The molecule has 98 valence electrons. The predicted octanol–water partition coefficient (Wildman–Crippen LogP) is 2.56. The van der Waals surface area contributed by atoms with E-state index in [-0.39, 0.29) is 17.4 Å². The number of hydrogen-bond donors (Lipinski definition) is 1. The largest absolute Gasteiger partial charge is 0.395 e. The van der Waals surface area contributed by atoms with Crippen LogP contribution in [0.3, 0.4) is 0 Å². The molecule has 0 aromatic carbocycles. The molecule has 0 fully saturated rings. The molecular weight excluding hydrogens is 350 g/mol. The summed E-state index contributed by atoms with van der Waals surface area (Å²) in [6.45, 7) is 2.18. The molecular formula is C9H13BrClNO3S2. The fourth-order valence-corrected chi connectivity index (χ4v) is 5.37. The van der Waals surface area contributed by atoms with E-state index in [1.165, 1.54) is 10.4 Å². The monoisotopic (exact) mass is 361 g/mol. The Hall–Kier alpha value is 0.340. The first-order valence-electron chi connectivity index (χ1n) is 4.99. The molecule has 1 N–H and O–H groups in total. The van der Waals surface area contributed by atoms with Crippen LogP contribution in [-0.2, 0) is 10.0 Å². The Morgan fingerprint density at radius 3 is 2.59 bits per heavy atom. The molecule has 1 aromatic heterocycles. The Labute approximate surface area is 118 Å². The van der Waals surface area contributed by atoms with Crippen molar-refractivity contribution in [3.63, 3.8) is 0 Å². The lowest BCUT2D eigenvalue weighted by atomic mass is 10.5. The first-order chi connectivity index (χ1) is 7.93. The molecule has 8 heteroatoms. The van der Waals surface area contributed by atoms with Crippen LogP contribution >= 0.6 is 38.9 Å². The summed E-state index contributed by atoms with van der Waals surface area (Å²) >= 11 is 10.1. The summed E-state index contributed by atoms with van der Waals surface area (Å²) in [6.07, 6.45) is 0.694. The lowest BCUT2D eigenvalue weighted by Crippen LogP contribution is -2.33. The average molecular weight is 363 g/mol. The van der Waals surface area contributed by atoms with Crippen LogP contribution in [0.25, 0.3) is 0 Å². The zero-order chi connectivity index (χ0) is 13.1. The molecule has 0 bridgehead atoms. The Balaban J connectivity index is 3.06. The number of hydrogen-bond acceptors (Lipinski definition) is 4. The van der Waals surface area contributed by atoms with Gasteiger partial charge in [0.25, 0.3) is 10.0 Å². The Kier molecular flexibility index (Phi) is 5.88. The van der Waals surface area contributed by atoms with E-state index >= 15 is 0 Å². The quantitative estimate of drug-likeness (QED) is 0.846. The molecule has 17 heavy (non-hydrogen) atoms. The molecule has 1 heterocycles. The van der Waals surface area contributed by atoms with E-state index in [2.05, 4.69) is 15.9 Å². The van der Waals surface area contributed by atoms with Crippen LogP contribution in [0.4, 0.5) is 0 Å². The number of thiophene rings is 1. The van der Waals surface area contributed by atoms with Gasteiger partial charge >= 0.3 is 0 Å². The van der Waals surface area contributed by atoms with Gasteiger partial charge in [-0.15, -0.1) is 11.3 Å². The minimum Gasteiger partial charge on any atom is -0.395 e. The van der Waals surface area contributed by atoms with Gasteiger partial charge in [0.1, 0.15) is 4.21 Å². The molecule has 0 aliphatic rings. The third kappa shape index (κ3) is 3.65. The van der Waals surface area contributed by atoms with Gasteiger partial charge in [0.15, 0.2) is 0 Å². The highest BCUT2D eigenvalue weighted by Crippen LogP contribution is 2.35. The maximum absolute atomic E-state index is 12.2. The fraction of sp³-hybridized carbons (Fsp3) is 0.556. The number of rotatable bonds is 6. The van der Waals surface area contributed by atoms with E-state index in [1.54, 1.807) is 0 Å². The zero-order valence-corrected chi connectivity index (χ0v) is 13.2. The average Bonchev–Trinajstić information content (AvgIpc) is 2.59. The molecule has 0 atom stereocenters. The van der Waals surface area contributed by atoms with Gasteiger partial charge in [0.05, 0.1) is 15.4 Å². The van der Waals surface area contributed by atoms with Crippen molar-refractivity contribution in [3.8, 4) is 0 Å². The van der Waals surface area contributed by atoms with Crippen molar-refractivity contribution in [3.05, 3.63) is 14.9 Å². The number of aliphatic hydroxyl groups is 1. The molecule has 0 spiro atoms. The van der Waals surface area contributed by atoms with Crippen LogP contribution in [0.2, 0.25) is 5.02 Å². The van der Waals surface area contributed by atoms with Crippen LogP contribution < -0.4 is 0 Å². The number of halogens is 2. The van der Waals surface area contributed by atoms with Crippen molar-refractivity contribution in [2.24, 2.45) is 0 Å². The molecule has 0 saturated carbocycles. The second-order valence-corrected chi connectivity index (χ2v) is 8.26. The normalized spacial score (nSPS) is 12.3. The van der Waals surface area contributed by atoms with Crippen molar-refractivity contribution in [1.29, 1.82) is 0 Å². The van der Waals surface area contributed by atoms with Crippen molar-refractivity contribution in [2.45, 2.75) is 17.6 Å². The topological polar surface area (TPSA) is 57.6 Å². The Morgan fingerprint density at radius 1 is 1.53 bits per heavy atom. The lowest BCUT2D eigenvalue weighted by molar-refractivity contribution is 0.254. The van der Waals surface area contributed by atoms with Gasteiger partial charge in [-0.25, -0.2) is 8.42 Å². The van der Waals surface area contributed by atoms with Gasteiger partial charge in [-0.1, -0.05) is 18.5 Å². The van der Waals surface area contributed by atoms with Crippen LogP contribution in [0.1, 0.15) is 13.3 Å². The maximum Gasteiger partial charge on any atom is 0.252 e. The second-order valence-electron chi connectivity index (χ2n) is 3.31. The predicted molar refractivity (Wildman–Crippen MR) is 73.2 cm³/mol. The van der Waals surface area contributed by atoms with E-state index in [1.807, 2.05) is 6.92 Å². The van der Waals surface area contributed by atoms with Gasteiger partial charge in [0, 0.05) is 13.1 Å². The highest BCUT2D eigenvalue weighted by Gasteiger charge is 2.26. The smallest absolute Gasteiger partial charge is 0.252 e. The van der Waals surface area contributed by atoms with Crippen molar-refractivity contribution in [1.82, 2.24) is 4.31 Å². The van der Waals surface area contributed by atoms with Crippen LogP contribution in [0, 0.1) is 0 Å². The van der Waals surface area contributed by atoms with Gasteiger partial charge in [-0.05, 0) is 28.4 Å². The van der Waals surface area contributed by atoms with Gasteiger partial charge in [0.2, 0.25) is 0 Å². The van der Waals surface area contributed by atoms with E-state index in [9.17, 15) is 8.42 Å². The minimum atomic E-state index is -3.55. The summed E-state index contributed by atoms with van der Waals surface area (Å²) in [7, 11) is -3.55. The summed E-state index contributed by atoms with van der Waals surface area (Å²) in [5.74, 6) is 0. The first-order valence-corrected chi connectivity index (χ1v) is 8.42. The van der Waals surface area contributed by atoms with Crippen LogP contribution in [0.15, 0.2) is 14.1 Å². The van der Waals surface area contributed by atoms with Crippen molar-refractivity contribution in [2.75, 3.05) is 19.7 Å². The fourth-order valence-electron chi connectivity index (χ4n) is 1.29. The summed E-state index contributed by atoms with van der Waals surface area (Å²) < 4.78 is 26.5. The van der Waals surface area contributed by atoms with Crippen LogP contribution in [0.5, 0.6) is 0 Å². The summed E-state index contributed by atoms with van der Waals surface area (Å²) in [4.78, 5) is 0. The lowest BCUT2D eigenvalue weighted by Gasteiger charge is -2.19. The third-order valence-electron chi connectivity index (χ3n) is 2.04. The van der Waals surface area contributed by atoms with E-state index in [0.717, 1.165) is 11.3 Å². The SMILES string of the molecule is CCCN(CCO)S(=O)(=O)c1cc(Cl)c(Br)s1. The summed E-state index contributed by atoms with van der Waals surface area (Å²) in [6, 6.07) is 1.42. The summed E-state index contributed by atoms with van der Waals surface area (Å²) in [5.41, 5.74) is 0. The zero-order valence-electron chi connectivity index (χ0n) is 9.19. The van der Waals surface area contributed by atoms with Crippen molar-refractivity contribution < 1.29 is 13.5 Å². The second kappa shape index (κ2) is 6.49. The molecule has 0 saturated heterocycles. The molecule has 4 nitrogen and oxygen atoms in total. The van der Waals surface area contributed by atoms with Gasteiger partial charge in [-0.2, -0.15) is 4.31 Å². The minimum absolute atomic E-state index is 0.101. The molecule has 0 unspecified atom stereocenters. The molecule has 0 aliphatic heterocycles. The number of sulfonamides is 1. The third-order valence-corrected chi connectivity index (χ3v) is 6.86.